The van der Waals surface area contributed by atoms with Gasteiger partial charge in [-0.25, -0.2) is 0 Å². The molecule has 1 atom stereocenters. The number of carbonyl (C=O) groups excluding carboxylic acids is 3. The SMILES string of the molecule is Cc1cc(C(=O)NC(CO)CO)ccc1-c1ccc(CC(NC(=O)C2CCC(CN)CC2)C(=O)Nc2ccc(-c3nn[nH]n3)cc2)cc1. The second-order valence-corrected chi connectivity index (χ2v) is 12.3. The number of aliphatic hydroxyl groups is 2. The highest BCUT2D eigenvalue weighted by molar-refractivity contribution is 5.98. The molecule has 1 fully saturated rings. The Morgan fingerprint density at radius 2 is 1.60 bits per heavy atom. The minimum atomic E-state index is -0.811. The van der Waals surface area contributed by atoms with E-state index >= 15 is 0 Å². The quantitative estimate of drug-likeness (QED) is 0.113. The van der Waals surface area contributed by atoms with Crippen LogP contribution in [0.15, 0.2) is 66.7 Å². The van der Waals surface area contributed by atoms with E-state index in [9.17, 15) is 24.6 Å². The molecule has 48 heavy (non-hydrogen) atoms. The molecular formula is C35H42N8O5. The predicted molar refractivity (Wildman–Crippen MR) is 180 cm³/mol. The van der Waals surface area contributed by atoms with E-state index in [1.807, 2.05) is 37.3 Å². The topological polar surface area (TPSA) is 208 Å². The first kappa shape index (κ1) is 34.4. The highest BCUT2D eigenvalue weighted by Gasteiger charge is 2.29. The summed E-state index contributed by atoms with van der Waals surface area (Å²) in [5, 5.41) is 41.1. The minimum absolute atomic E-state index is 0.126. The molecule has 0 bridgehead atoms. The molecular weight excluding hydrogens is 612 g/mol. The molecule has 13 nitrogen and oxygen atoms in total. The van der Waals surface area contributed by atoms with Gasteiger partial charge in [0.05, 0.1) is 19.3 Å². The van der Waals surface area contributed by atoms with Gasteiger partial charge < -0.3 is 31.9 Å². The number of nitrogens with zero attached hydrogens (tertiary/aromatic N) is 3. The molecule has 1 heterocycles. The van der Waals surface area contributed by atoms with Gasteiger partial charge >= 0.3 is 0 Å². The summed E-state index contributed by atoms with van der Waals surface area (Å²) in [6.45, 7) is 1.81. The maximum absolute atomic E-state index is 13.6. The van der Waals surface area contributed by atoms with Gasteiger partial charge in [0, 0.05) is 29.2 Å². The van der Waals surface area contributed by atoms with Crippen molar-refractivity contribution in [2.45, 2.75) is 51.1 Å². The second-order valence-electron chi connectivity index (χ2n) is 12.3. The van der Waals surface area contributed by atoms with Crippen LogP contribution in [0, 0.1) is 18.8 Å². The van der Waals surface area contributed by atoms with Crippen LogP contribution in [0.3, 0.4) is 0 Å². The lowest BCUT2D eigenvalue weighted by atomic mass is 9.81. The number of aliphatic hydroxyl groups excluding tert-OH is 2. The van der Waals surface area contributed by atoms with Crippen molar-refractivity contribution >= 4 is 23.4 Å². The number of rotatable bonds is 13. The van der Waals surface area contributed by atoms with Crippen LogP contribution in [-0.4, -0.2) is 80.4 Å². The summed E-state index contributed by atoms with van der Waals surface area (Å²) >= 11 is 0. The number of aromatic amines is 1. The monoisotopic (exact) mass is 654 g/mol. The summed E-state index contributed by atoms with van der Waals surface area (Å²) in [5.74, 6) is -0.121. The molecule has 252 valence electrons. The summed E-state index contributed by atoms with van der Waals surface area (Å²) < 4.78 is 0. The lowest BCUT2D eigenvalue weighted by molar-refractivity contribution is -0.130. The number of hydrogen-bond acceptors (Lipinski definition) is 9. The summed E-state index contributed by atoms with van der Waals surface area (Å²) in [7, 11) is 0. The highest BCUT2D eigenvalue weighted by Crippen LogP contribution is 2.29. The number of nitrogens with two attached hydrogens (primary N) is 1. The van der Waals surface area contributed by atoms with Crippen molar-refractivity contribution in [3.63, 3.8) is 0 Å². The van der Waals surface area contributed by atoms with E-state index in [4.69, 9.17) is 5.73 Å². The average molecular weight is 655 g/mol. The van der Waals surface area contributed by atoms with Crippen LogP contribution < -0.4 is 21.7 Å². The molecule has 8 N–H and O–H groups in total. The van der Waals surface area contributed by atoms with E-state index in [0.717, 1.165) is 53.5 Å². The van der Waals surface area contributed by atoms with Crippen molar-refractivity contribution in [3.8, 4) is 22.5 Å². The summed E-state index contributed by atoms with van der Waals surface area (Å²) in [5.41, 5.74) is 11.2. The number of carbonyl (C=O) groups is 3. The van der Waals surface area contributed by atoms with Crippen molar-refractivity contribution < 1.29 is 24.6 Å². The lowest BCUT2D eigenvalue weighted by Crippen LogP contribution is -2.48. The number of amides is 3. The van der Waals surface area contributed by atoms with Crippen LogP contribution >= 0.6 is 0 Å². The molecule has 4 aromatic rings. The Morgan fingerprint density at radius 3 is 2.21 bits per heavy atom. The molecule has 1 aliphatic carbocycles. The second kappa shape index (κ2) is 16.2. The van der Waals surface area contributed by atoms with Crippen molar-refractivity contribution in [2.75, 3.05) is 25.1 Å². The number of hydrogen-bond donors (Lipinski definition) is 7. The zero-order valence-electron chi connectivity index (χ0n) is 26.9. The lowest BCUT2D eigenvalue weighted by Gasteiger charge is -2.28. The maximum atomic E-state index is 13.6. The zero-order valence-corrected chi connectivity index (χ0v) is 26.9. The van der Waals surface area contributed by atoms with Crippen LogP contribution in [0.5, 0.6) is 0 Å². The van der Waals surface area contributed by atoms with Gasteiger partial charge in [0.25, 0.3) is 5.91 Å². The molecule has 1 unspecified atom stereocenters. The van der Waals surface area contributed by atoms with E-state index < -0.39 is 12.1 Å². The summed E-state index contributed by atoms with van der Waals surface area (Å²) in [6, 6.07) is 18.6. The molecule has 5 rings (SSSR count). The van der Waals surface area contributed by atoms with Crippen LogP contribution in [-0.2, 0) is 16.0 Å². The first-order valence-corrected chi connectivity index (χ1v) is 16.2. The van der Waals surface area contributed by atoms with Crippen LogP contribution in [0.2, 0.25) is 0 Å². The average Bonchev–Trinajstić information content (AvgIpc) is 3.66. The summed E-state index contributed by atoms with van der Waals surface area (Å²) in [6.07, 6.45) is 3.58. The van der Waals surface area contributed by atoms with Gasteiger partial charge in [-0.05, 0) is 109 Å². The Hall–Kier alpha value is -4.98. The van der Waals surface area contributed by atoms with Crippen LogP contribution in [0.25, 0.3) is 22.5 Å². The van der Waals surface area contributed by atoms with Crippen molar-refractivity contribution in [3.05, 3.63) is 83.4 Å². The third kappa shape index (κ3) is 8.68. The zero-order chi connectivity index (χ0) is 34.0. The number of H-pyrrole nitrogens is 1. The van der Waals surface area contributed by atoms with Crippen molar-refractivity contribution in [2.24, 2.45) is 17.6 Å². The molecule has 13 heteroatoms. The van der Waals surface area contributed by atoms with Gasteiger partial charge in [-0.15, -0.1) is 10.2 Å². The fourth-order valence-corrected chi connectivity index (χ4v) is 5.98. The number of aromatic nitrogens is 4. The fraction of sp³-hybridized carbons (Fsp3) is 0.371. The van der Waals surface area contributed by atoms with E-state index in [2.05, 4.69) is 36.6 Å². The minimum Gasteiger partial charge on any atom is -0.394 e. The van der Waals surface area contributed by atoms with Crippen molar-refractivity contribution in [1.82, 2.24) is 31.3 Å². The van der Waals surface area contributed by atoms with E-state index in [1.165, 1.54) is 0 Å². The molecule has 1 aromatic heterocycles. The largest absolute Gasteiger partial charge is 0.394 e. The van der Waals surface area contributed by atoms with Gasteiger partial charge in [0.2, 0.25) is 17.6 Å². The highest BCUT2D eigenvalue weighted by atomic mass is 16.3. The van der Waals surface area contributed by atoms with Gasteiger partial charge in [-0.2, -0.15) is 5.21 Å². The van der Waals surface area contributed by atoms with E-state index in [1.54, 1.807) is 36.4 Å². The third-order valence-corrected chi connectivity index (χ3v) is 8.91. The fourth-order valence-electron chi connectivity index (χ4n) is 5.98. The van der Waals surface area contributed by atoms with E-state index in [0.29, 0.717) is 29.5 Å². The third-order valence-electron chi connectivity index (χ3n) is 8.91. The molecule has 0 saturated heterocycles. The first-order valence-electron chi connectivity index (χ1n) is 16.2. The molecule has 0 radical (unpaired) electrons. The van der Waals surface area contributed by atoms with Gasteiger partial charge in [0.1, 0.15) is 6.04 Å². The van der Waals surface area contributed by atoms with Crippen LogP contribution in [0.1, 0.15) is 47.2 Å². The molecule has 0 spiro atoms. The van der Waals surface area contributed by atoms with E-state index in [-0.39, 0.29) is 43.3 Å². The molecule has 3 amide bonds. The first-order chi connectivity index (χ1) is 23.3. The number of anilines is 1. The molecule has 1 aliphatic rings. The Balaban J connectivity index is 1.29. The normalized spacial score (nSPS) is 16.7. The number of aryl methyl sites for hydroxylation is 1. The summed E-state index contributed by atoms with van der Waals surface area (Å²) in [4.78, 5) is 39.6. The molecule has 1 saturated carbocycles. The Bertz CT molecular complexity index is 1670. The number of benzene rings is 3. The molecule has 3 aromatic carbocycles. The number of nitrogens with one attached hydrogen (secondary N) is 4. The Morgan fingerprint density at radius 1 is 0.917 bits per heavy atom. The van der Waals surface area contributed by atoms with Gasteiger partial charge in [0.15, 0.2) is 0 Å². The standard InChI is InChI=1S/C35H42N8O5/c1-21-16-27(34(47)38-29(19-44)20-45)12-15-30(21)24-6-2-22(3-7-24)17-31(39-33(46)26-8-4-23(18-36)5-9-26)35(48)37-28-13-10-25(11-14-28)32-40-42-43-41-32/h2-3,6-7,10-16,23,26,29,31,44-45H,4-5,8-9,17-20,36H2,1H3,(H,37,48)(H,38,47)(H,39,46)(H,40,41,42,43). The predicted octanol–water partition coefficient (Wildman–Crippen LogP) is 2.36. The Labute approximate surface area is 278 Å². The van der Waals surface area contributed by atoms with Crippen LogP contribution in [0.4, 0.5) is 5.69 Å². The van der Waals surface area contributed by atoms with Gasteiger partial charge in [-0.3, -0.25) is 14.4 Å². The maximum Gasteiger partial charge on any atom is 0.251 e. The molecule has 0 aliphatic heterocycles. The number of tetrazole rings is 1. The smallest absolute Gasteiger partial charge is 0.251 e. The van der Waals surface area contributed by atoms with Crippen molar-refractivity contribution in [1.29, 1.82) is 0 Å². The van der Waals surface area contributed by atoms with Gasteiger partial charge in [-0.1, -0.05) is 30.3 Å². The Kier molecular flexibility index (Phi) is 11.6.